The average molecular weight is 909 g/mol. The molecule has 0 saturated carbocycles. The maximum absolute atomic E-state index is 8.98. The van der Waals surface area contributed by atoms with Gasteiger partial charge in [0.05, 0.1) is 22.5 Å². The molecular weight excluding hydrogens is 858 g/mol. The molecule has 8 aromatic rings. The number of ether oxygens (including phenoxy) is 1. The van der Waals surface area contributed by atoms with Crippen molar-refractivity contribution in [3.8, 4) is 28.8 Å². The van der Waals surface area contributed by atoms with E-state index in [9.17, 15) is 0 Å². The number of benzene rings is 4. The molecule has 4 heterocycles. The Morgan fingerprint density at radius 3 is 2.33 bits per heavy atom. The summed E-state index contributed by atoms with van der Waals surface area (Å²) in [6.07, 6.45) is 3.75. The third kappa shape index (κ3) is 7.88. The van der Waals surface area contributed by atoms with Crippen molar-refractivity contribution >= 4 is 32.8 Å². The first kappa shape index (κ1) is 33.3. The van der Waals surface area contributed by atoms with Gasteiger partial charge in [-0.25, -0.2) is 4.98 Å². The van der Waals surface area contributed by atoms with Crippen LogP contribution >= 0.6 is 0 Å². The number of imidazole rings is 1. The average Bonchev–Trinajstić information content (AvgIpc) is 3.73. The third-order valence-electron chi connectivity index (χ3n) is 9.22. The standard InChI is InChI=1S/C48H47N5O.Pt/c1-32(2)24-33-20-22-50-46(26-33)53-41-15-10-9-14-39(41)40-18-17-37(28-43(40)53)54-38-21-23-49-45(29-38)52-31-51(36-13-11-12-34(25-36)30-47(3,4)5)44-27-35(48(6,7)8)16-19-42(44)52;/h9-23,25-27,32H,24,30H2,1-8H3;/q-2;/i24D2,30D2;. The van der Waals surface area contributed by atoms with Gasteiger partial charge in [0, 0.05) is 44.0 Å². The molecule has 8 rings (SSSR count). The molecule has 0 aliphatic heterocycles. The maximum Gasteiger partial charge on any atom is 0.269 e. The number of rotatable bonds is 8. The minimum absolute atomic E-state index is 0. The molecule has 0 amide bonds. The third-order valence-corrected chi connectivity index (χ3v) is 9.22. The molecule has 0 aliphatic rings. The fourth-order valence-corrected chi connectivity index (χ4v) is 6.87. The summed E-state index contributed by atoms with van der Waals surface area (Å²) < 4.78 is 47.8. The van der Waals surface area contributed by atoms with Gasteiger partial charge in [-0.3, -0.25) is 14.1 Å². The van der Waals surface area contributed by atoms with Crippen LogP contribution in [0.2, 0.25) is 0 Å². The van der Waals surface area contributed by atoms with Crippen molar-refractivity contribution in [2.75, 3.05) is 0 Å². The van der Waals surface area contributed by atoms with Crippen LogP contribution in [0.3, 0.4) is 0 Å². The molecule has 6 nitrogen and oxygen atoms in total. The molecule has 0 spiro atoms. The van der Waals surface area contributed by atoms with Gasteiger partial charge < -0.3 is 9.30 Å². The van der Waals surface area contributed by atoms with E-state index < -0.39 is 18.2 Å². The second-order valence-electron chi connectivity index (χ2n) is 16.1. The summed E-state index contributed by atoms with van der Waals surface area (Å²) >= 11 is 0. The van der Waals surface area contributed by atoms with Crippen LogP contribution in [0.25, 0.3) is 50.2 Å². The van der Waals surface area contributed by atoms with Crippen molar-refractivity contribution in [2.24, 2.45) is 11.3 Å². The summed E-state index contributed by atoms with van der Waals surface area (Å²) in [6.45, 7) is 16.1. The monoisotopic (exact) mass is 908 g/mol. The number of fused-ring (bicyclic) bond motifs is 4. The van der Waals surface area contributed by atoms with Crippen LogP contribution < -0.4 is 9.30 Å². The van der Waals surface area contributed by atoms with Gasteiger partial charge in [0.15, 0.2) is 0 Å². The Morgan fingerprint density at radius 1 is 0.764 bits per heavy atom. The molecule has 4 aromatic heterocycles. The first-order valence-electron chi connectivity index (χ1n) is 20.4. The number of nitrogens with zero attached hydrogens (tertiary/aromatic N) is 5. The SMILES string of the molecule is [2H]C([2H])(c1ccnc(-n2c3[c-]c(Oc4[c-]c(-n5[c-][n+](-c6cccc(C([2H])([2H])C(C)(C)C)c6)c6cc(C(C)(C)C)ccc65)ncc4)ccc3c3ccccc32)c1)C(C)C.[Pt]. The molecule has 0 radical (unpaired) electrons. The second-order valence-corrected chi connectivity index (χ2v) is 16.1. The Kier molecular flexibility index (Phi) is 9.01. The summed E-state index contributed by atoms with van der Waals surface area (Å²) in [7, 11) is 0. The van der Waals surface area contributed by atoms with Crippen molar-refractivity contribution < 1.29 is 35.9 Å². The summed E-state index contributed by atoms with van der Waals surface area (Å²) in [5.74, 6) is 1.75. The summed E-state index contributed by atoms with van der Waals surface area (Å²) in [6, 6.07) is 38.1. The number of para-hydroxylation sites is 1. The predicted octanol–water partition coefficient (Wildman–Crippen LogP) is 11.1. The molecule has 0 bridgehead atoms. The maximum atomic E-state index is 8.98. The zero-order chi connectivity index (χ0) is 41.4. The van der Waals surface area contributed by atoms with Crippen LogP contribution in [-0.4, -0.2) is 19.1 Å². The van der Waals surface area contributed by atoms with E-state index in [-0.39, 0.29) is 32.4 Å². The van der Waals surface area contributed by atoms with E-state index >= 15 is 0 Å². The molecule has 7 heteroatoms. The molecule has 0 fully saturated rings. The van der Waals surface area contributed by atoms with Gasteiger partial charge in [-0.15, -0.1) is 17.5 Å². The minimum atomic E-state index is -1.57. The van der Waals surface area contributed by atoms with Gasteiger partial charge in [0.2, 0.25) is 0 Å². The van der Waals surface area contributed by atoms with Crippen LogP contribution in [0.5, 0.6) is 11.5 Å². The zero-order valence-electron chi connectivity index (χ0n) is 36.4. The van der Waals surface area contributed by atoms with Crippen LogP contribution in [0.4, 0.5) is 0 Å². The molecule has 0 saturated heterocycles. The number of hydrogen-bond acceptors (Lipinski definition) is 3. The predicted molar refractivity (Wildman–Crippen MR) is 218 cm³/mol. The molecule has 0 N–H and O–H groups in total. The first-order valence-corrected chi connectivity index (χ1v) is 18.4. The van der Waals surface area contributed by atoms with Crippen LogP contribution in [0.1, 0.15) is 77.6 Å². The minimum Gasteiger partial charge on any atom is -0.522 e. The normalized spacial score (nSPS) is 13.8. The molecular formula is C48H47N5OPt-2. The Labute approximate surface area is 344 Å². The van der Waals surface area contributed by atoms with E-state index in [1.54, 1.807) is 24.5 Å². The van der Waals surface area contributed by atoms with Crippen molar-refractivity contribution in [3.63, 3.8) is 0 Å². The van der Waals surface area contributed by atoms with Gasteiger partial charge in [0.25, 0.3) is 6.33 Å². The van der Waals surface area contributed by atoms with Crippen molar-refractivity contribution in [3.05, 3.63) is 145 Å². The summed E-state index contributed by atoms with van der Waals surface area (Å²) in [4.78, 5) is 9.41. The van der Waals surface area contributed by atoms with Gasteiger partial charge in [-0.2, -0.15) is 18.2 Å². The second kappa shape index (κ2) is 14.9. The number of hydrogen-bond donors (Lipinski definition) is 0. The zero-order valence-corrected chi connectivity index (χ0v) is 34.7. The fourth-order valence-electron chi connectivity index (χ4n) is 6.87. The number of aromatic nitrogens is 5. The van der Waals surface area contributed by atoms with E-state index in [4.69, 9.17) is 20.2 Å². The van der Waals surface area contributed by atoms with Crippen LogP contribution in [0.15, 0.2) is 109 Å². The van der Waals surface area contributed by atoms with E-state index in [0.29, 0.717) is 34.3 Å². The molecule has 4 aromatic carbocycles. The molecule has 55 heavy (non-hydrogen) atoms. The fraction of sp³-hybridized carbons (Fsp3) is 0.271. The van der Waals surface area contributed by atoms with Gasteiger partial charge in [-0.05, 0) is 88.2 Å². The van der Waals surface area contributed by atoms with Crippen LogP contribution in [-0.2, 0) is 39.2 Å². The number of pyridine rings is 2. The van der Waals surface area contributed by atoms with Crippen molar-refractivity contribution in [1.29, 1.82) is 0 Å². The molecule has 282 valence electrons. The smallest absolute Gasteiger partial charge is 0.269 e. The quantitative estimate of drug-likeness (QED) is 0.113. The van der Waals surface area contributed by atoms with E-state index in [2.05, 4.69) is 63.5 Å². The Bertz CT molecular complexity index is 2850. The summed E-state index contributed by atoms with van der Waals surface area (Å²) in [5.41, 5.74) is 5.80. The summed E-state index contributed by atoms with van der Waals surface area (Å²) in [5, 5.41) is 1.99. The van der Waals surface area contributed by atoms with Crippen LogP contribution in [0, 0.1) is 29.8 Å². The van der Waals surface area contributed by atoms with E-state index in [0.717, 1.165) is 44.1 Å². The van der Waals surface area contributed by atoms with Gasteiger partial charge >= 0.3 is 0 Å². The van der Waals surface area contributed by atoms with E-state index in [1.165, 1.54) is 0 Å². The van der Waals surface area contributed by atoms with Crippen molar-refractivity contribution in [2.45, 2.75) is 73.6 Å². The molecule has 0 unspecified atom stereocenters. The largest absolute Gasteiger partial charge is 0.522 e. The first-order chi connectivity index (χ1) is 27.3. The van der Waals surface area contributed by atoms with Crippen molar-refractivity contribution in [1.82, 2.24) is 19.1 Å². The molecule has 0 atom stereocenters. The Morgan fingerprint density at radius 2 is 1.55 bits per heavy atom. The Hall–Kier alpha value is -5.06. The molecule has 0 aliphatic carbocycles. The van der Waals surface area contributed by atoms with Gasteiger partial charge in [-0.1, -0.05) is 115 Å². The van der Waals surface area contributed by atoms with E-state index in [1.807, 2.05) is 109 Å². The Balaban J connectivity index is 0.00000528. The van der Waals surface area contributed by atoms with Gasteiger partial charge in [0.1, 0.15) is 5.82 Å². The topological polar surface area (TPSA) is 48.8 Å².